The fraction of sp³-hybridized carbons (Fsp3) is 0.667. The summed E-state index contributed by atoms with van der Waals surface area (Å²) in [5.74, 6) is 1.46. The minimum Gasteiger partial charge on any atom is -0.477 e. The first kappa shape index (κ1) is 13.3. The molecule has 0 aliphatic carbocycles. The first-order chi connectivity index (χ1) is 8.78. The molecule has 1 aliphatic rings. The number of rotatable bonds is 5. The van der Waals surface area contributed by atoms with E-state index in [1.165, 1.54) is 31.5 Å². The van der Waals surface area contributed by atoms with Crippen LogP contribution in [0.5, 0.6) is 5.88 Å². The van der Waals surface area contributed by atoms with E-state index < -0.39 is 0 Å². The maximum Gasteiger partial charge on any atom is 0.213 e. The van der Waals surface area contributed by atoms with E-state index in [0.717, 1.165) is 25.3 Å². The fourth-order valence-corrected chi connectivity index (χ4v) is 2.36. The van der Waals surface area contributed by atoms with E-state index in [4.69, 9.17) is 4.74 Å². The number of pyridine rings is 1. The molecule has 18 heavy (non-hydrogen) atoms. The summed E-state index contributed by atoms with van der Waals surface area (Å²) in [7, 11) is 2.19. The predicted molar refractivity (Wildman–Crippen MR) is 73.9 cm³/mol. The van der Waals surface area contributed by atoms with E-state index in [1.54, 1.807) is 0 Å². The largest absolute Gasteiger partial charge is 0.477 e. The third-order valence-electron chi connectivity index (χ3n) is 3.64. The Morgan fingerprint density at radius 1 is 1.33 bits per heavy atom. The Morgan fingerprint density at radius 2 is 2.11 bits per heavy atom. The average Bonchev–Trinajstić information content (AvgIpc) is 2.40. The number of aryl methyl sites for hydroxylation is 1. The van der Waals surface area contributed by atoms with E-state index in [2.05, 4.69) is 29.9 Å². The van der Waals surface area contributed by atoms with Crippen LogP contribution < -0.4 is 4.74 Å². The van der Waals surface area contributed by atoms with Crippen LogP contribution in [0.2, 0.25) is 0 Å². The number of piperidine rings is 1. The minimum atomic E-state index is 0.693. The Hall–Kier alpha value is -1.09. The molecule has 3 nitrogen and oxygen atoms in total. The normalized spacial score (nSPS) is 17.9. The van der Waals surface area contributed by atoms with E-state index in [9.17, 15) is 0 Å². The number of hydrogen-bond donors (Lipinski definition) is 0. The van der Waals surface area contributed by atoms with Gasteiger partial charge in [0.25, 0.3) is 0 Å². The molecule has 3 heteroatoms. The van der Waals surface area contributed by atoms with Gasteiger partial charge in [0.05, 0.1) is 6.61 Å². The summed E-state index contributed by atoms with van der Waals surface area (Å²) in [4.78, 5) is 6.75. The Morgan fingerprint density at radius 3 is 2.72 bits per heavy atom. The molecule has 2 heterocycles. The summed E-state index contributed by atoms with van der Waals surface area (Å²) in [6.07, 6.45) is 6.68. The molecule has 1 aliphatic heterocycles. The van der Waals surface area contributed by atoms with Crippen molar-refractivity contribution in [1.29, 1.82) is 0 Å². The predicted octanol–water partition coefficient (Wildman–Crippen LogP) is 2.75. The highest BCUT2D eigenvalue weighted by Crippen LogP contribution is 2.17. The molecule has 0 aromatic carbocycles. The van der Waals surface area contributed by atoms with Crippen molar-refractivity contribution in [3.05, 3.63) is 23.9 Å². The molecule has 0 amide bonds. The molecule has 2 rings (SSSR count). The van der Waals surface area contributed by atoms with Gasteiger partial charge in [-0.3, -0.25) is 0 Å². The van der Waals surface area contributed by atoms with Crippen LogP contribution in [0.4, 0.5) is 0 Å². The van der Waals surface area contributed by atoms with Crippen molar-refractivity contribution < 1.29 is 4.74 Å². The van der Waals surface area contributed by atoms with Crippen LogP contribution >= 0.6 is 0 Å². The van der Waals surface area contributed by atoms with Crippen LogP contribution in [0.25, 0.3) is 0 Å². The molecular formula is C15H24N2O. The number of aromatic nitrogens is 1. The van der Waals surface area contributed by atoms with Gasteiger partial charge in [-0.15, -0.1) is 0 Å². The lowest BCUT2D eigenvalue weighted by Crippen LogP contribution is -2.32. The molecule has 1 fully saturated rings. The Labute approximate surface area is 110 Å². The first-order valence-electron chi connectivity index (χ1n) is 7.04. The lowest BCUT2D eigenvalue weighted by molar-refractivity contribution is 0.157. The Bertz CT molecular complexity index is 342. The summed E-state index contributed by atoms with van der Waals surface area (Å²) in [6, 6.07) is 4.13. The van der Waals surface area contributed by atoms with Gasteiger partial charge in [-0.05, 0) is 50.9 Å². The van der Waals surface area contributed by atoms with E-state index >= 15 is 0 Å². The van der Waals surface area contributed by atoms with E-state index in [1.807, 2.05) is 12.3 Å². The van der Waals surface area contributed by atoms with Gasteiger partial charge in [-0.2, -0.15) is 0 Å². The van der Waals surface area contributed by atoms with Gasteiger partial charge in [0.15, 0.2) is 0 Å². The first-order valence-corrected chi connectivity index (χ1v) is 7.04. The number of likely N-dealkylation sites (tertiary alicyclic amines) is 1. The van der Waals surface area contributed by atoms with Gasteiger partial charge >= 0.3 is 0 Å². The van der Waals surface area contributed by atoms with Crippen molar-refractivity contribution in [3.8, 4) is 5.88 Å². The standard InChI is InChI=1S/C15H24N2O/c1-3-4-13-5-6-15(16-11-13)18-12-14-7-9-17(2)10-8-14/h5-6,11,14H,3-4,7-10,12H2,1-2H3. The summed E-state index contributed by atoms with van der Waals surface area (Å²) in [5.41, 5.74) is 1.30. The highest BCUT2D eigenvalue weighted by Gasteiger charge is 2.17. The monoisotopic (exact) mass is 248 g/mol. The Balaban J connectivity index is 1.76. The van der Waals surface area contributed by atoms with E-state index in [0.29, 0.717) is 5.92 Å². The van der Waals surface area contributed by atoms with Gasteiger partial charge in [-0.1, -0.05) is 19.4 Å². The number of ether oxygens (including phenoxy) is 1. The second kappa shape index (κ2) is 6.74. The van der Waals surface area contributed by atoms with Crippen molar-refractivity contribution in [3.63, 3.8) is 0 Å². The molecule has 100 valence electrons. The molecule has 0 N–H and O–H groups in total. The molecule has 1 saturated heterocycles. The van der Waals surface area contributed by atoms with Crippen molar-refractivity contribution in [1.82, 2.24) is 9.88 Å². The smallest absolute Gasteiger partial charge is 0.213 e. The second-order valence-electron chi connectivity index (χ2n) is 5.31. The maximum absolute atomic E-state index is 5.78. The van der Waals surface area contributed by atoms with Crippen molar-refractivity contribution >= 4 is 0 Å². The van der Waals surface area contributed by atoms with Gasteiger partial charge in [0.1, 0.15) is 0 Å². The SMILES string of the molecule is CCCc1ccc(OCC2CCN(C)CC2)nc1. The molecule has 0 bridgehead atoms. The summed E-state index contributed by atoms with van der Waals surface area (Å²) >= 11 is 0. The van der Waals surface area contributed by atoms with Crippen LogP contribution in [-0.2, 0) is 6.42 Å². The quantitative estimate of drug-likeness (QED) is 0.801. The highest BCUT2D eigenvalue weighted by atomic mass is 16.5. The summed E-state index contributed by atoms with van der Waals surface area (Å²) in [6.45, 7) is 5.38. The molecular weight excluding hydrogens is 224 g/mol. The Kier molecular flexibility index (Phi) is 5.00. The second-order valence-corrected chi connectivity index (χ2v) is 5.31. The molecule has 0 radical (unpaired) electrons. The molecule has 1 aromatic rings. The third-order valence-corrected chi connectivity index (χ3v) is 3.64. The van der Waals surface area contributed by atoms with Crippen LogP contribution in [-0.4, -0.2) is 36.6 Å². The average molecular weight is 248 g/mol. The van der Waals surface area contributed by atoms with Crippen LogP contribution in [0.3, 0.4) is 0 Å². The summed E-state index contributed by atoms with van der Waals surface area (Å²) < 4.78 is 5.78. The van der Waals surface area contributed by atoms with Crippen molar-refractivity contribution in [2.45, 2.75) is 32.6 Å². The molecule has 1 aromatic heterocycles. The van der Waals surface area contributed by atoms with Crippen LogP contribution in [0, 0.1) is 5.92 Å². The van der Waals surface area contributed by atoms with Crippen LogP contribution in [0.15, 0.2) is 18.3 Å². The number of nitrogens with zero attached hydrogens (tertiary/aromatic N) is 2. The van der Waals surface area contributed by atoms with Crippen LogP contribution in [0.1, 0.15) is 31.7 Å². The van der Waals surface area contributed by atoms with Gasteiger partial charge in [0.2, 0.25) is 5.88 Å². The van der Waals surface area contributed by atoms with Gasteiger partial charge in [-0.25, -0.2) is 4.98 Å². The lowest BCUT2D eigenvalue weighted by atomic mass is 9.98. The zero-order chi connectivity index (χ0) is 12.8. The summed E-state index contributed by atoms with van der Waals surface area (Å²) in [5, 5.41) is 0. The third kappa shape index (κ3) is 3.98. The maximum atomic E-state index is 5.78. The zero-order valence-corrected chi connectivity index (χ0v) is 11.6. The molecule has 0 atom stereocenters. The van der Waals surface area contributed by atoms with E-state index in [-0.39, 0.29) is 0 Å². The number of hydrogen-bond acceptors (Lipinski definition) is 3. The lowest BCUT2D eigenvalue weighted by Gasteiger charge is -2.28. The fourth-order valence-electron chi connectivity index (χ4n) is 2.36. The van der Waals surface area contributed by atoms with Gasteiger partial charge < -0.3 is 9.64 Å². The highest BCUT2D eigenvalue weighted by molar-refractivity contribution is 5.17. The van der Waals surface area contributed by atoms with Crippen molar-refractivity contribution in [2.75, 3.05) is 26.7 Å². The zero-order valence-electron chi connectivity index (χ0n) is 11.6. The molecule has 0 unspecified atom stereocenters. The minimum absolute atomic E-state index is 0.693. The van der Waals surface area contributed by atoms with Gasteiger partial charge in [0, 0.05) is 12.3 Å². The topological polar surface area (TPSA) is 25.4 Å². The molecule has 0 saturated carbocycles. The van der Waals surface area contributed by atoms with Crippen molar-refractivity contribution in [2.24, 2.45) is 5.92 Å². The molecule has 0 spiro atoms.